The van der Waals surface area contributed by atoms with Gasteiger partial charge in [-0.3, -0.25) is 24.1 Å². The van der Waals surface area contributed by atoms with Crippen molar-refractivity contribution in [3.05, 3.63) is 118 Å². The maximum absolute atomic E-state index is 13.8. The summed E-state index contributed by atoms with van der Waals surface area (Å²) in [6.45, 7) is 3.87. The van der Waals surface area contributed by atoms with Crippen LogP contribution in [0.3, 0.4) is 0 Å². The van der Waals surface area contributed by atoms with Crippen molar-refractivity contribution >= 4 is 51.1 Å². The lowest BCUT2D eigenvalue weighted by molar-refractivity contribution is -0.121. The zero-order valence-electron chi connectivity index (χ0n) is 32.1. The van der Waals surface area contributed by atoms with E-state index in [1.807, 2.05) is 96.8 Å². The highest BCUT2D eigenvalue weighted by molar-refractivity contribution is 5.91. The molecule has 0 unspecified atom stereocenters. The average molecular weight is 774 g/mol. The highest BCUT2D eigenvalue weighted by Gasteiger charge is 2.38. The normalized spacial score (nSPS) is 16.3. The van der Waals surface area contributed by atoms with E-state index >= 15 is 0 Å². The molecule has 298 valence electrons. The smallest absolute Gasteiger partial charge is 0.351 e. The standard InChI is InChI=1S/C42H51N11O4/c1-27-26-53(42(56)51-39(27)52(20-8-18-47-40(43)44)21-9-19-48-41(45)46)38-24-34(50-37(55)23-31-15-7-13-29-11-3-5-17-33(29)31)35(57-38)25-49-36(54)22-30-14-6-12-28-10-2-4-16-32(28)30/h2-7,10-17,26,34-35,38H,8-9,18-25H2,1H3,(H,49,54)(H,50,55)(H4,43,44,47)(H4,45,46,48)/t34-,35+,38+/m0/s1. The number of benzene rings is 4. The lowest BCUT2D eigenvalue weighted by atomic mass is 10.0. The quantitative estimate of drug-likeness (QED) is 0.0459. The predicted molar refractivity (Wildman–Crippen MR) is 225 cm³/mol. The van der Waals surface area contributed by atoms with Gasteiger partial charge in [0, 0.05) is 50.9 Å². The molecule has 4 aromatic carbocycles. The van der Waals surface area contributed by atoms with Crippen molar-refractivity contribution in [2.75, 3.05) is 37.6 Å². The first-order valence-electron chi connectivity index (χ1n) is 19.2. The fourth-order valence-electron chi connectivity index (χ4n) is 7.36. The summed E-state index contributed by atoms with van der Waals surface area (Å²) in [4.78, 5) is 55.4. The second-order valence-electron chi connectivity index (χ2n) is 14.2. The first-order valence-corrected chi connectivity index (χ1v) is 19.2. The van der Waals surface area contributed by atoms with Crippen LogP contribution in [0.4, 0.5) is 5.82 Å². The number of ether oxygens (including phenoxy) is 1. The Morgan fingerprint density at radius 3 is 1.93 bits per heavy atom. The molecule has 5 aromatic rings. The first-order chi connectivity index (χ1) is 27.5. The number of aromatic nitrogens is 2. The molecule has 0 spiro atoms. The summed E-state index contributed by atoms with van der Waals surface area (Å²) in [5, 5.41) is 10.3. The van der Waals surface area contributed by atoms with E-state index in [0.29, 0.717) is 44.8 Å². The minimum atomic E-state index is -0.752. The second-order valence-corrected chi connectivity index (χ2v) is 14.2. The summed E-state index contributed by atoms with van der Waals surface area (Å²) in [5.41, 5.74) is 24.1. The van der Waals surface area contributed by atoms with Gasteiger partial charge in [-0.2, -0.15) is 4.98 Å². The van der Waals surface area contributed by atoms with Crippen molar-refractivity contribution in [1.29, 1.82) is 0 Å². The van der Waals surface area contributed by atoms with Gasteiger partial charge in [0.2, 0.25) is 11.8 Å². The van der Waals surface area contributed by atoms with Crippen LogP contribution in [-0.4, -0.2) is 78.2 Å². The molecule has 10 N–H and O–H groups in total. The Balaban J connectivity index is 1.20. The van der Waals surface area contributed by atoms with Crippen LogP contribution in [0, 0.1) is 6.92 Å². The molecule has 1 aliphatic rings. The number of hydrogen-bond acceptors (Lipinski definition) is 8. The molecule has 2 heterocycles. The number of carbonyl (C=O) groups excluding carboxylic acids is 2. The van der Waals surface area contributed by atoms with E-state index < -0.39 is 24.1 Å². The zero-order valence-corrected chi connectivity index (χ0v) is 32.1. The van der Waals surface area contributed by atoms with Gasteiger partial charge in [0.25, 0.3) is 0 Å². The topological polar surface area (TPSA) is 234 Å². The molecule has 1 saturated heterocycles. The largest absolute Gasteiger partial charge is 0.370 e. The molecule has 1 fully saturated rings. The lowest BCUT2D eigenvalue weighted by Crippen LogP contribution is -2.46. The number of rotatable bonds is 17. The molecule has 0 bridgehead atoms. The summed E-state index contributed by atoms with van der Waals surface area (Å²) >= 11 is 0. The van der Waals surface area contributed by atoms with Gasteiger partial charge >= 0.3 is 5.69 Å². The molecule has 6 rings (SSSR count). The molecule has 57 heavy (non-hydrogen) atoms. The number of anilines is 1. The molecule has 0 aliphatic carbocycles. The maximum atomic E-state index is 13.8. The van der Waals surface area contributed by atoms with Crippen LogP contribution in [0.15, 0.2) is 106 Å². The molecule has 0 saturated carbocycles. The van der Waals surface area contributed by atoms with Gasteiger partial charge < -0.3 is 43.2 Å². The third-order valence-corrected chi connectivity index (χ3v) is 10.0. The van der Waals surface area contributed by atoms with Gasteiger partial charge in [0.1, 0.15) is 12.0 Å². The van der Waals surface area contributed by atoms with Crippen LogP contribution in [0.25, 0.3) is 21.5 Å². The molecule has 1 aliphatic heterocycles. The number of guanidine groups is 2. The summed E-state index contributed by atoms with van der Waals surface area (Å²) in [6.07, 6.45) is 2.19. The van der Waals surface area contributed by atoms with Crippen LogP contribution < -0.4 is 44.2 Å². The molecular weight excluding hydrogens is 723 g/mol. The van der Waals surface area contributed by atoms with Crippen molar-refractivity contribution in [1.82, 2.24) is 20.2 Å². The number of nitrogens with two attached hydrogens (primary N) is 4. The molecule has 15 heteroatoms. The van der Waals surface area contributed by atoms with E-state index in [0.717, 1.165) is 38.2 Å². The number of carbonyl (C=O) groups is 2. The molecule has 15 nitrogen and oxygen atoms in total. The van der Waals surface area contributed by atoms with E-state index in [4.69, 9.17) is 27.7 Å². The first kappa shape index (κ1) is 40.2. The summed E-state index contributed by atoms with van der Waals surface area (Å²) in [7, 11) is 0. The van der Waals surface area contributed by atoms with Crippen LogP contribution in [0.5, 0.6) is 0 Å². The Hall–Kier alpha value is -6.48. The van der Waals surface area contributed by atoms with E-state index in [-0.39, 0.29) is 49.5 Å². The van der Waals surface area contributed by atoms with Crippen LogP contribution in [0.1, 0.15) is 42.2 Å². The highest BCUT2D eigenvalue weighted by Crippen LogP contribution is 2.29. The Kier molecular flexibility index (Phi) is 13.3. The summed E-state index contributed by atoms with van der Waals surface area (Å²) < 4.78 is 7.95. The van der Waals surface area contributed by atoms with Crippen LogP contribution >= 0.6 is 0 Å². The van der Waals surface area contributed by atoms with Gasteiger partial charge in [-0.25, -0.2) is 4.79 Å². The molecule has 2 amide bonds. The van der Waals surface area contributed by atoms with Gasteiger partial charge in [-0.15, -0.1) is 0 Å². The minimum absolute atomic E-state index is 0.00788. The number of nitrogens with one attached hydrogen (secondary N) is 2. The lowest BCUT2D eigenvalue weighted by Gasteiger charge is -2.26. The molecule has 0 radical (unpaired) electrons. The maximum Gasteiger partial charge on any atom is 0.351 e. The Morgan fingerprint density at radius 1 is 0.807 bits per heavy atom. The van der Waals surface area contributed by atoms with Gasteiger partial charge in [0.15, 0.2) is 11.9 Å². The van der Waals surface area contributed by atoms with Gasteiger partial charge in [-0.1, -0.05) is 84.9 Å². The molecular formula is C42H51N11O4. The number of aryl methyl sites for hydroxylation is 1. The van der Waals surface area contributed by atoms with Crippen molar-refractivity contribution in [2.45, 2.75) is 57.4 Å². The fourth-order valence-corrected chi connectivity index (χ4v) is 7.36. The zero-order chi connectivity index (χ0) is 40.3. The number of amides is 2. The SMILES string of the molecule is Cc1cn([C@H]2C[C@H](NC(=O)Cc3cccc4ccccc34)[C@@H](CNC(=O)Cc3cccc4ccccc34)O2)c(=O)nc1N(CCCN=C(N)N)CCCN=C(N)N. The second kappa shape index (κ2) is 18.9. The molecule has 1 aromatic heterocycles. The van der Waals surface area contributed by atoms with E-state index in [2.05, 4.69) is 25.6 Å². The number of hydrogen-bond donors (Lipinski definition) is 6. The summed E-state index contributed by atoms with van der Waals surface area (Å²) in [6, 6.07) is 27.2. The average Bonchev–Trinajstić information content (AvgIpc) is 3.59. The van der Waals surface area contributed by atoms with Crippen molar-refractivity contribution in [3.63, 3.8) is 0 Å². The van der Waals surface area contributed by atoms with Crippen molar-refractivity contribution in [2.24, 2.45) is 32.9 Å². The Bertz CT molecular complexity index is 2280. The number of fused-ring (bicyclic) bond motifs is 2. The summed E-state index contributed by atoms with van der Waals surface area (Å²) in [5.74, 6) is 0.155. The van der Waals surface area contributed by atoms with E-state index in [1.165, 1.54) is 4.57 Å². The predicted octanol–water partition coefficient (Wildman–Crippen LogP) is 2.37. The Morgan fingerprint density at radius 2 is 1.35 bits per heavy atom. The fraction of sp³-hybridized carbons (Fsp3) is 0.333. The third kappa shape index (κ3) is 10.6. The van der Waals surface area contributed by atoms with Crippen LogP contribution in [-0.2, 0) is 27.2 Å². The van der Waals surface area contributed by atoms with Crippen molar-refractivity contribution in [3.8, 4) is 0 Å². The van der Waals surface area contributed by atoms with E-state index in [9.17, 15) is 14.4 Å². The van der Waals surface area contributed by atoms with Crippen molar-refractivity contribution < 1.29 is 14.3 Å². The van der Waals surface area contributed by atoms with Gasteiger partial charge in [0.05, 0.1) is 25.0 Å². The Labute approximate surface area is 331 Å². The highest BCUT2D eigenvalue weighted by atomic mass is 16.5. The number of nitrogens with zero attached hydrogens (tertiary/aromatic N) is 5. The van der Waals surface area contributed by atoms with Gasteiger partial charge in [-0.05, 0) is 52.4 Å². The molecule has 3 atom stereocenters. The monoisotopic (exact) mass is 773 g/mol. The van der Waals surface area contributed by atoms with E-state index in [1.54, 1.807) is 6.20 Å². The third-order valence-electron chi connectivity index (χ3n) is 10.0. The minimum Gasteiger partial charge on any atom is -0.370 e. The number of aliphatic imine (C=N–C) groups is 2. The van der Waals surface area contributed by atoms with Crippen LogP contribution in [0.2, 0.25) is 0 Å².